The molecule has 8 heteroatoms. The number of halogens is 3. The number of nitrogens with zero attached hydrogens (tertiary/aromatic N) is 2. The average molecular weight is 317 g/mol. The molecular formula is C14H18F3N3O2. The van der Waals surface area contributed by atoms with Gasteiger partial charge in [-0.3, -0.25) is 15.0 Å². The molecule has 1 aromatic rings. The number of nitro groups is 1. The third-order valence-corrected chi connectivity index (χ3v) is 3.73. The van der Waals surface area contributed by atoms with Gasteiger partial charge < -0.3 is 5.32 Å². The van der Waals surface area contributed by atoms with E-state index in [4.69, 9.17) is 0 Å². The third-order valence-electron chi connectivity index (χ3n) is 3.73. The van der Waals surface area contributed by atoms with Gasteiger partial charge in [0, 0.05) is 24.7 Å². The lowest BCUT2D eigenvalue weighted by molar-refractivity contribution is -0.384. The summed E-state index contributed by atoms with van der Waals surface area (Å²) in [6, 6.07) is 6.44. The third kappa shape index (κ3) is 5.27. The van der Waals surface area contributed by atoms with Crippen molar-refractivity contribution in [3.05, 3.63) is 39.9 Å². The summed E-state index contributed by atoms with van der Waals surface area (Å²) in [5.41, 5.74) is 0.965. The highest BCUT2D eigenvalue weighted by Gasteiger charge is 2.32. The minimum atomic E-state index is -4.14. The van der Waals surface area contributed by atoms with Crippen molar-refractivity contribution in [2.24, 2.45) is 0 Å². The van der Waals surface area contributed by atoms with Crippen molar-refractivity contribution in [3.8, 4) is 0 Å². The van der Waals surface area contributed by atoms with E-state index in [-0.39, 0.29) is 11.7 Å². The second-order valence-corrected chi connectivity index (χ2v) is 5.47. The molecule has 1 saturated heterocycles. The molecular weight excluding hydrogens is 299 g/mol. The van der Waals surface area contributed by atoms with Gasteiger partial charge in [-0.05, 0) is 31.5 Å². The molecule has 1 aromatic carbocycles. The van der Waals surface area contributed by atoms with Gasteiger partial charge in [0.15, 0.2) is 0 Å². The zero-order valence-corrected chi connectivity index (χ0v) is 12.0. The molecule has 0 bridgehead atoms. The van der Waals surface area contributed by atoms with Crippen LogP contribution in [0.5, 0.6) is 0 Å². The molecule has 1 N–H and O–H groups in total. The molecule has 0 atom stereocenters. The van der Waals surface area contributed by atoms with Crippen molar-refractivity contribution in [3.63, 3.8) is 0 Å². The van der Waals surface area contributed by atoms with Crippen LogP contribution >= 0.6 is 0 Å². The van der Waals surface area contributed by atoms with Crippen LogP contribution in [-0.4, -0.2) is 41.7 Å². The Morgan fingerprint density at radius 3 is 2.32 bits per heavy atom. The summed E-state index contributed by atoms with van der Waals surface area (Å²) in [6.07, 6.45) is -2.80. The smallest absolute Gasteiger partial charge is 0.310 e. The SMILES string of the molecule is O=[N+]([O-])c1ccc(CNC2CCN(CC(F)(F)F)CC2)cc1. The van der Waals surface area contributed by atoms with Crippen molar-refractivity contribution in [1.29, 1.82) is 0 Å². The molecule has 0 radical (unpaired) electrons. The number of likely N-dealkylation sites (tertiary alicyclic amines) is 1. The van der Waals surface area contributed by atoms with Crippen molar-refractivity contribution in [1.82, 2.24) is 10.2 Å². The Morgan fingerprint density at radius 2 is 1.82 bits per heavy atom. The van der Waals surface area contributed by atoms with Crippen LogP contribution in [0.1, 0.15) is 18.4 Å². The van der Waals surface area contributed by atoms with Crippen molar-refractivity contribution < 1.29 is 18.1 Å². The highest BCUT2D eigenvalue weighted by molar-refractivity contribution is 5.32. The highest BCUT2D eigenvalue weighted by atomic mass is 19.4. The second kappa shape index (κ2) is 7.06. The minimum Gasteiger partial charge on any atom is -0.310 e. The molecule has 122 valence electrons. The number of nitrogens with one attached hydrogen (secondary N) is 1. The predicted molar refractivity (Wildman–Crippen MR) is 75.5 cm³/mol. The van der Waals surface area contributed by atoms with Gasteiger partial charge in [0.25, 0.3) is 5.69 Å². The van der Waals surface area contributed by atoms with Crippen molar-refractivity contribution >= 4 is 5.69 Å². The van der Waals surface area contributed by atoms with Gasteiger partial charge in [0.1, 0.15) is 0 Å². The number of hydrogen-bond acceptors (Lipinski definition) is 4. The van der Waals surface area contributed by atoms with Gasteiger partial charge in [-0.2, -0.15) is 13.2 Å². The lowest BCUT2D eigenvalue weighted by Crippen LogP contribution is -2.45. The van der Waals surface area contributed by atoms with Gasteiger partial charge in [-0.25, -0.2) is 0 Å². The van der Waals surface area contributed by atoms with E-state index in [2.05, 4.69) is 5.32 Å². The van der Waals surface area contributed by atoms with E-state index in [0.29, 0.717) is 32.5 Å². The van der Waals surface area contributed by atoms with Gasteiger partial charge in [0.05, 0.1) is 11.5 Å². The number of rotatable bonds is 5. The first-order valence-corrected chi connectivity index (χ1v) is 7.09. The van der Waals surface area contributed by atoms with Crippen molar-refractivity contribution in [2.75, 3.05) is 19.6 Å². The van der Waals surface area contributed by atoms with Crippen LogP contribution in [0.25, 0.3) is 0 Å². The van der Waals surface area contributed by atoms with Crippen LogP contribution in [0.4, 0.5) is 18.9 Å². The van der Waals surface area contributed by atoms with Gasteiger partial charge in [0.2, 0.25) is 0 Å². The second-order valence-electron chi connectivity index (χ2n) is 5.47. The van der Waals surface area contributed by atoms with Crippen LogP contribution < -0.4 is 5.32 Å². The summed E-state index contributed by atoms with van der Waals surface area (Å²) < 4.78 is 36.9. The number of piperidine rings is 1. The fourth-order valence-electron chi connectivity index (χ4n) is 2.55. The predicted octanol–water partition coefficient (Wildman–Crippen LogP) is 2.71. The Morgan fingerprint density at radius 1 is 1.23 bits per heavy atom. The minimum absolute atomic E-state index is 0.0456. The van der Waals surface area contributed by atoms with Crippen LogP contribution in [0.2, 0.25) is 0 Å². The number of non-ortho nitro benzene ring substituents is 1. The lowest BCUT2D eigenvalue weighted by Gasteiger charge is -2.32. The van der Waals surface area contributed by atoms with E-state index >= 15 is 0 Å². The number of alkyl halides is 3. The molecule has 1 fully saturated rings. The van der Waals surface area contributed by atoms with E-state index in [1.807, 2.05) is 0 Å². The Bertz CT molecular complexity index is 497. The number of benzene rings is 1. The summed E-state index contributed by atoms with van der Waals surface area (Å²) in [5.74, 6) is 0. The summed E-state index contributed by atoms with van der Waals surface area (Å²) in [4.78, 5) is 11.5. The molecule has 0 saturated carbocycles. The van der Waals surface area contributed by atoms with E-state index in [0.717, 1.165) is 5.56 Å². The standard InChI is InChI=1S/C14H18F3N3O2/c15-14(16,17)10-19-7-5-12(6-8-19)18-9-11-1-3-13(4-2-11)20(21)22/h1-4,12,18H,5-10H2. The van der Waals surface area contributed by atoms with Crippen LogP contribution in [0, 0.1) is 10.1 Å². The molecule has 0 amide bonds. The highest BCUT2D eigenvalue weighted by Crippen LogP contribution is 2.20. The normalized spacial score (nSPS) is 17.6. The topological polar surface area (TPSA) is 58.4 Å². The van der Waals surface area contributed by atoms with Gasteiger partial charge in [-0.1, -0.05) is 12.1 Å². The summed E-state index contributed by atoms with van der Waals surface area (Å²) in [6.45, 7) is 0.568. The summed E-state index contributed by atoms with van der Waals surface area (Å²) >= 11 is 0. The van der Waals surface area contributed by atoms with E-state index < -0.39 is 17.6 Å². The molecule has 0 aromatic heterocycles. The largest absolute Gasteiger partial charge is 0.401 e. The molecule has 5 nitrogen and oxygen atoms in total. The lowest BCUT2D eigenvalue weighted by atomic mass is 10.0. The van der Waals surface area contributed by atoms with Crippen LogP contribution in [-0.2, 0) is 6.54 Å². The quantitative estimate of drug-likeness (QED) is 0.670. The number of nitro benzene ring substituents is 1. The molecule has 1 aliphatic heterocycles. The maximum Gasteiger partial charge on any atom is 0.401 e. The maximum absolute atomic E-state index is 12.3. The zero-order chi connectivity index (χ0) is 16.2. The average Bonchev–Trinajstić information content (AvgIpc) is 2.45. The summed E-state index contributed by atoms with van der Waals surface area (Å²) in [7, 11) is 0. The molecule has 0 aliphatic carbocycles. The fraction of sp³-hybridized carbons (Fsp3) is 0.571. The Balaban J connectivity index is 1.73. The Kier molecular flexibility index (Phi) is 5.36. The Labute approximate surface area is 126 Å². The van der Waals surface area contributed by atoms with E-state index in [1.54, 1.807) is 12.1 Å². The van der Waals surface area contributed by atoms with E-state index in [1.165, 1.54) is 17.0 Å². The summed E-state index contributed by atoms with van der Waals surface area (Å²) in [5, 5.41) is 13.8. The van der Waals surface area contributed by atoms with Crippen molar-refractivity contribution in [2.45, 2.75) is 31.6 Å². The molecule has 2 rings (SSSR count). The van der Waals surface area contributed by atoms with Crippen LogP contribution in [0.15, 0.2) is 24.3 Å². The molecule has 22 heavy (non-hydrogen) atoms. The van der Waals surface area contributed by atoms with Gasteiger partial charge in [-0.15, -0.1) is 0 Å². The maximum atomic E-state index is 12.3. The zero-order valence-electron chi connectivity index (χ0n) is 12.0. The van der Waals surface area contributed by atoms with Crippen LogP contribution in [0.3, 0.4) is 0 Å². The molecule has 1 heterocycles. The Hall–Kier alpha value is -1.67. The number of hydrogen-bond donors (Lipinski definition) is 1. The first-order valence-electron chi connectivity index (χ1n) is 7.09. The first-order chi connectivity index (χ1) is 10.3. The fourth-order valence-corrected chi connectivity index (χ4v) is 2.55. The van der Waals surface area contributed by atoms with E-state index in [9.17, 15) is 23.3 Å². The molecule has 1 aliphatic rings. The molecule has 0 unspecified atom stereocenters. The first kappa shape index (κ1) is 16.7. The monoisotopic (exact) mass is 317 g/mol. The van der Waals surface area contributed by atoms with Gasteiger partial charge >= 0.3 is 6.18 Å². The molecule has 0 spiro atoms.